The number of esters is 2. The molecule has 15 atom stereocenters. The Kier molecular flexibility index (Phi) is 15.8. The molecule has 0 amide bonds. The zero-order chi connectivity index (χ0) is 41.1. The van der Waals surface area contributed by atoms with Gasteiger partial charge in [-0.2, -0.15) is 0 Å². The number of carbonyl (C=O) groups is 3. The summed E-state index contributed by atoms with van der Waals surface area (Å²) in [5.74, 6) is -7.64. The van der Waals surface area contributed by atoms with Crippen LogP contribution in [0.15, 0.2) is 5.16 Å². The average Bonchev–Trinajstić information content (AvgIpc) is 3.42. The molecule has 0 radical (unpaired) electrons. The lowest BCUT2D eigenvalue weighted by atomic mass is 9.67. The van der Waals surface area contributed by atoms with Gasteiger partial charge in [0.15, 0.2) is 26.0 Å². The van der Waals surface area contributed by atoms with Crippen molar-refractivity contribution in [3.05, 3.63) is 0 Å². The molecule has 3 fully saturated rings. The molecule has 0 aliphatic carbocycles. The lowest BCUT2D eigenvalue weighted by molar-refractivity contribution is -0.298. The lowest BCUT2D eigenvalue weighted by Gasteiger charge is -2.50. The number of ether oxygens (including phenoxy) is 5. The third-order valence-corrected chi connectivity index (χ3v) is 17.9. The zero-order valence-corrected chi connectivity index (χ0v) is 36.3. The summed E-state index contributed by atoms with van der Waals surface area (Å²) < 4.78 is 39.2. The molecule has 15 heteroatoms. The Morgan fingerprint density at radius 3 is 2.09 bits per heavy atom. The van der Waals surface area contributed by atoms with Crippen molar-refractivity contribution in [3.63, 3.8) is 0 Å². The lowest BCUT2D eigenvalue weighted by Crippen LogP contribution is -2.62. The van der Waals surface area contributed by atoms with Crippen LogP contribution < -0.4 is 5.73 Å². The number of nitrogens with two attached hydrogens (primary N) is 1. The molecular weight excluding hydrogens is 715 g/mol. The molecule has 0 saturated carbocycles. The molecule has 3 aliphatic rings. The first kappa shape index (κ1) is 46.2. The standard InChI is InChI=1S/C39H71N3O11Si/c1-15-27-39(11)29(28(34(40)41-47)36(46)52-39)23(7)30(43)21(5)20-38(10,48-14)33(24(8)31(44)25(9)35(45)50-27)51-37-32(53-54(16-2,17-3)18-4)26(42(12)13)19-22(6)49-37/h21-29,31-33,37,44,47H,15-20H2,1-14H3,(H2,40,41). The van der Waals surface area contributed by atoms with Crippen LogP contribution in [0, 0.1) is 35.5 Å². The number of likely N-dealkylation sites (N-methyl/N-ethyl adjacent to an activating group) is 1. The van der Waals surface area contributed by atoms with Gasteiger partial charge in [-0.1, -0.05) is 53.6 Å². The van der Waals surface area contributed by atoms with Crippen molar-refractivity contribution < 1.29 is 52.8 Å². The first-order valence-corrected chi connectivity index (χ1v) is 22.5. The smallest absolute Gasteiger partial charge is 0.317 e. The molecule has 0 spiro atoms. The van der Waals surface area contributed by atoms with Gasteiger partial charge in [0.1, 0.15) is 23.9 Å². The highest BCUT2D eigenvalue weighted by Gasteiger charge is 2.63. The number of ketones is 1. The summed E-state index contributed by atoms with van der Waals surface area (Å²) in [6.45, 7) is 20.7. The minimum Gasteiger partial charge on any atom is -0.458 e. The number of methoxy groups -OCH3 is 1. The van der Waals surface area contributed by atoms with Crippen LogP contribution >= 0.6 is 0 Å². The molecule has 0 aromatic rings. The highest BCUT2D eigenvalue weighted by atomic mass is 28.4. The number of hydrogen-bond donors (Lipinski definition) is 3. The number of oxime groups is 1. The monoisotopic (exact) mass is 785 g/mol. The van der Waals surface area contributed by atoms with Crippen LogP contribution in [-0.4, -0.2) is 122 Å². The van der Waals surface area contributed by atoms with Crippen molar-refractivity contribution in [3.8, 4) is 0 Å². The van der Waals surface area contributed by atoms with Crippen molar-refractivity contribution in [2.24, 2.45) is 46.4 Å². The number of aliphatic hydroxyl groups is 1. The zero-order valence-electron chi connectivity index (χ0n) is 35.3. The van der Waals surface area contributed by atoms with Crippen LogP contribution in [0.2, 0.25) is 18.1 Å². The number of Topliss-reactive ketones (excluding diaryl/α,β-unsaturated/α-hetero) is 1. The van der Waals surface area contributed by atoms with Crippen LogP contribution in [0.1, 0.15) is 95.4 Å². The quantitative estimate of drug-likeness (QED) is 0.0652. The van der Waals surface area contributed by atoms with E-state index in [9.17, 15) is 24.7 Å². The Morgan fingerprint density at radius 1 is 1.00 bits per heavy atom. The molecule has 3 rings (SSSR count). The maximum atomic E-state index is 14.6. The van der Waals surface area contributed by atoms with Crippen molar-refractivity contribution in [1.82, 2.24) is 4.90 Å². The summed E-state index contributed by atoms with van der Waals surface area (Å²) >= 11 is 0. The topological polar surface area (TPSA) is 189 Å². The minimum absolute atomic E-state index is 0.0301. The molecule has 14 nitrogen and oxygen atoms in total. The third-order valence-electron chi connectivity index (χ3n) is 13.3. The van der Waals surface area contributed by atoms with Gasteiger partial charge in [0.05, 0.1) is 29.8 Å². The number of nitrogens with zero attached hydrogens (tertiary/aromatic N) is 2. The second kappa shape index (κ2) is 18.4. The fourth-order valence-electron chi connectivity index (χ4n) is 9.56. The number of rotatable bonds is 11. The average molecular weight is 786 g/mol. The number of aliphatic hydroxyl groups excluding tert-OH is 1. The third kappa shape index (κ3) is 9.02. The SMILES string of the molecule is CCC1OC(=O)C(C)C(O)C(C)C(OC2OC(C)CC(N(C)C)C2O[Si](CC)(CC)CC)C(C)(OC)CC(C)C(=O)C(C)C2C(C(N)=NO)C(=O)OC12C. The Labute approximate surface area is 324 Å². The summed E-state index contributed by atoms with van der Waals surface area (Å²) in [7, 11) is 3.41. The molecule has 3 aliphatic heterocycles. The highest BCUT2D eigenvalue weighted by Crippen LogP contribution is 2.48. The second-order valence-electron chi connectivity index (χ2n) is 16.9. The number of cyclic esters (lactones) is 1. The summed E-state index contributed by atoms with van der Waals surface area (Å²) in [5.41, 5.74) is 3.37. The minimum atomic E-state index is -2.19. The van der Waals surface area contributed by atoms with E-state index in [0.29, 0.717) is 0 Å². The van der Waals surface area contributed by atoms with E-state index in [1.54, 1.807) is 48.7 Å². The molecule has 3 saturated heterocycles. The molecule has 312 valence electrons. The van der Waals surface area contributed by atoms with E-state index in [1.807, 2.05) is 27.9 Å². The highest BCUT2D eigenvalue weighted by molar-refractivity contribution is 6.73. The van der Waals surface area contributed by atoms with E-state index in [1.165, 1.54) is 0 Å². The van der Waals surface area contributed by atoms with Gasteiger partial charge in [-0.05, 0) is 79.2 Å². The van der Waals surface area contributed by atoms with E-state index in [2.05, 4.69) is 30.8 Å². The Morgan fingerprint density at radius 2 is 1.59 bits per heavy atom. The van der Waals surface area contributed by atoms with Crippen molar-refractivity contribution in [2.45, 2.75) is 168 Å². The summed E-state index contributed by atoms with van der Waals surface area (Å²) in [5, 5.41) is 24.9. The predicted molar refractivity (Wildman–Crippen MR) is 206 cm³/mol. The van der Waals surface area contributed by atoms with Gasteiger partial charge in [0.25, 0.3) is 0 Å². The first-order valence-electron chi connectivity index (χ1n) is 20.0. The fraction of sp³-hybridized carbons (Fsp3) is 0.897. The summed E-state index contributed by atoms with van der Waals surface area (Å²) in [6.07, 6.45) is -3.59. The van der Waals surface area contributed by atoms with Gasteiger partial charge in [-0.25, -0.2) is 0 Å². The summed E-state index contributed by atoms with van der Waals surface area (Å²) in [6, 6.07) is 2.75. The van der Waals surface area contributed by atoms with E-state index in [-0.39, 0.29) is 30.8 Å². The Bertz CT molecular complexity index is 1320. The van der Waals surface area contributed by atoms with E-state index in [0.717, 1.165) is 24.6 Å². The van der Waals surface area contributed by atoms with Crippen LogP contribution in [0.3, 0.4) is 0 Å². The van der Waals surface area contributed by atoms with Gasteiger partial charge >= 0.3 is 11.9 Å². The molecule has 0 aromatic carbocycles. The van der Waals surface area contributed by atoms with Gasteiger partial charge in [-0.15, -0.1) is 0 Å². The molecule has 0 bridgehead atoms. The summed E-state index contributed by atoms with van der Waals surface area (Å²) in [4.78, 5) is 44.1. The van der Waals surface area contributed by atoms with E-state index < -0.39 is 104 Å². The Hall–Kier alpha value is -2.14. The van der Waals surface area contributed by atoms with Gasteiger partial charge in [0.2, 0.25) is 0 Å². The largest absolute Gasteiger partial charge is 0.458 e. The molecule has 54 heavy (non-hydrogen) atoms. The van der Waals surface area contributed by atoms with Gasteiger partial charge < -0.3 is 49.1 Å². The van der Waals surface area contributed by atoms with E-state index >= 15 is 0 Å². The van der Waals surface area contributed by atoms with Crippen LogP contribution in [0.25, 0.3) is 0 Å². The Balaban J connectivity index is 2.22. The van der Waals surface area contributed by atoms with Gasteiger partial charge in [-0.3, -0.25) is 14.4 Å². The molecule has 0 aromatic heterocycles. The normalized spacial score (nSPS) is 42.0. The van der Waals surface area contributed by atoms with Crippen LogP contribution in [-0.2, 0) is 42.5 Å². The maximum absolute atomic E-state index is 14.6. The second-order valence-corrected chi connectivity index (χ2v) is 21.6. The fourth-order valence-corrected chi connectivity index (χ4v) is 12.4. The van der Waals surface area contributed by atoms with E-state index in [4.69, 9.17) is 33.8 Å². The molecule has 3 heterocycles. The van der Waals surface area contributed by atoms with Gasteiger partial charge in [0, 0.05) is 36.8 Å². The maximum Gasteiger partial charge on any atom is 0.317 e. The number of amidine groups is 1. The van der Waals surface area contributed by atoms with Crippen molar-refractivity contribution >= 4 is 31.9 Å². The number of carbonyl (C=O) groups excluding carboxylic acids is 3. The first-order chi connectivity index (χ1) is 25.2. The molecule has 15 unspecified atom stereocenters. The van der Waals surface area contributed by atoms with Crippen molar-refractivity contribution in [1.29, 1.82) is 0 Å². The predicted octanol–water partition coefficient (Wildman–Crippen LogP) is 4.73. The number of fused-ring (bicyclic) bond motifs is 1. The molecule has 4 N–H and O–H groups in total. The molecular formula is C39H71N3O11Si. The van der Waals surface area contributed by atoms with Crippen LogP contribution in [0.5, 0.6) is 0 Å². The number of hydrogen-bond acceptors (Lipinski definition) is 13. The van der Waals surface area contributed by atoms with Crippen LogP contribution in [0.4, 0.5) is 0 Å². The van der Waals surface area contributed by atoms with Crippen molar-refractivity contribution in [2.75, 3.05) is 21.2 Å².